The first-order chi connectivity index (χ1) is 10.0. The van der Waals surface area contributed by atoms with Gasteiger partial charge in [-0.2, -0.15) is 8.42 Å². The minimum atomic E-state index is -4.04. The van der Waals surface area contributed by atoms with Crippen LogP contribution in [-0.4, -0.2) is 13.5 Å². The van der Waals surface area contributed by atoms with Crippen molar-refractivity contribution >= 4 is 10.1 Å². The minimum Gasteiger partial charge on any atom is -0.506 e. The van der Waals surface area contributed by atoms with Gasteiger partial charge in [-0.3, -0.25) is 0 Å². The zero-order chi connectivity index (χ0) is 15.3. The standard InChI is InChI=1S/C16H18O4S/c1-2-3-8-13-9-4-6-11-15(13)20-21(18,19)16-12-7-5-10-14(16)17/h4-7,9-12,17H,2-3,8H2,1H3. The molecule has 1 N–H and O–H groups in total. The third-order valence-electron chi connectivity index (χ3n) is 3.11. The molecule has 0 bridgehead atoms. The van der Waals surface area contributed by atoms with Crippen LogP contribution in [0.3, 0.4) is 0 Å². The molecule has 0 aliphatic rings. The maximum atomic E-state index is 12.3. The first-order valence-corrected chi connectivity index (χ1v) is 8.26. The van der Waals surface area contributed by atoms with Crippen LogP contribution in [0.15, 0.2) is 53.4 Å². The van der Waals surface area contributed by atoms with Gasteiger partial charge >= 0.3 is 10.1 Å². The summed E-state index contributed by atoms with van der Waals surface area (Å²) < 4.78 is 29.7. The van der Waals surface area contributed by atoms with Crippen LogP contribution in [0.2, 0.25) is 0 Å². The Kier molecular flexibility index (Phi) is 4.85. The summed E-state index contributed by atoms with van der Waals surface area (Å²) in [7, 11) is -4.04. The number of aromatic hydroxyl groups is 1. The smallest absolute Gasteiger partial charge is 0.342 e. The molecule has 0 radical (unpaired) electrons. The molecular weight excluding hydrogens is 288 g/mol. The van der Waals surface area contributed by atoms with Crippen LogP contribution in [-0.2, 0) is 16.5 Å². The van der Waals surface area contributed by atoms with E-state index in [1.54, 1.807) is 24.3 Å². The number of benzene rings is 2. The molecule has 2 aromatic carbocycles. The van der Waals surface area contributed by atoms with Gasteiger partial charge in [-0.1, -0.05) is 43.7 Å². The molecular formula is C16H18O4S. The Morgan fingerprint density at radius 3 is 2.43 bits per heavy atom. The van der Waals surface area contributed by atoms with Gasteiger partial charge < -0.3 is 9.29 Å². The van der Waals surface area contributed by atoms with Gasteiger partial charge in [0.05, 0.1) is 0 Å². The van der Waals surface area contributed by atoms with E-state index in [-0.39, 0.29) is 10.6 Å². The number of phenols is 1. The highest BCUT2D eigenvalue weighted by atomic mass is 32.2. The highest BCUT2D eigenvalue weighted by Crippen LogP contribution is 2.28. The van der Waals surface area contributed by atoms with Crippen molar-refractivity contribution in [3.63, 3.8) is 0 Å². The number of rotatable bonds is 6. The van der Waals surface area contributed by atoms with Crippen LogP contribution in [0.1, 0.15) is 25.3 Å². The van der Waals surface area contributed by atoms with Crippen LogP contribution < -0.4 is 4.18 Å². The molecule has 21 heavy (non-hydrogen) atoms. The molecule has 0 unspecified atom stereocenters. The van der Waals surface area contributed by atoms with Gasteiger partial charge in [-0.25, -0.2) is 0 Å². The summed E-state index contributed by atoms with van der Waals surface area (Å²) in [6.45, 7) is 2.07. The summed E-state index contributed by atoms with van der Waals surface area (Å²) in [6, 6.07) is 12.8. The van der Waals surface area contributed by atoms with Crippen molar-refractivity contribution in [2.45, 2.75) is 31.1 Å². The lowest BCUT2D eigenvalue weighted by atomic mass is 10.1. The van der Waals surface area contributed by atoms with E-state index < -0.39 is 10.1 Å². The number of phenolic OH excluding ortho intramolecular Hbond substituents is 1. The Morgan fingerprint density at radius 1 is 1.05 bits per heavy atom. The third-order valence-corrected chi connectivity index (χ3v) is 4.39. The fourth-order valence-corrected chi connectivity index (χ4v) is 3.05. The molecule has 2 rings (SSSR count). The first kappa shape index (κ1) is 15.4. The van der Waals surface area contributed by atoms with Gasteiger partial charge in [0, 0.05) is 0 Å². The normalized spacial score (nSPS) is 11.3. The zero-order valence-corrected chi connectivity index (χ0v) is 12.6. The summed E-state index contributed by atoms with van der Waals surface area (Å²) in [5.74, 6) is -0.00209. The van der Waals surface area contributed by atoms with Crippen molar-refractivity contribution in [2.75, 3.05) is 0 Å². The van der Waals surface area contributed by atoms with E-state index in [4.69, 9.17) is 4.18 Å². The summed E-state index contributed by atoms with van der Waals surface area (Å²) in [5, 5.41) is 9.68. The summed E-state index contributed by atoms with van der Waals surface area (Å²) in [6.07, 6.45) is 2.72. The maximum absolute atomic E-state index is 12.3. The molecule has 112 valence electrons. The van der Waals surface area contributed by atoms with Crippen LogP contribution >= 0.6 is 0 Å². The van der Waals surface area contributed by atoms with Crippen LogP contribution in [0.5, 0.6) is 11.5 Å². The number of unbranched alkanes of at least 4 members (excludes halogenated alkanes) is 1. The SMILES string of the molecule is CCCCc1ccccc1OS(=O)(=O)c1ccccc1O. The molecule has 0 heterocycles. The highest BCUT2D eigenvalue weighted by molar-refractivity contribution is 7.87. The predicted octanol–water partition coefficient (Wildman–Crippen LogP) is 3.50. The molecule has 0 aliphatic heterocycles. The van der Waals surface area contributed by atoms with Gasteiger partial charge in [-0.15, -0.1) is 0 Å². The van der Waals surface area contributed by atoms with Crippen LogP contribution in [0.4, 0.5) is 0 Å². The lowest BCUT2D eigenvalue weighted by Crippen LogP contribution is -2.11. The van der Waals surface area contributed by atoms with E-state index in [0.717, 1.165) is 24.8 Å². The third kappa shape index (κ3) is 3.76. The molecule has 0 atom stereocenters. The topological polar surface area (TPSA) is 63.6 Å². The van der Waals surface area contributed by atoms with E-state index in [9.17, 15) is 13.5 Å². The second-order valence-corrected chi connectivity index (χ2v) is 6.23. The monoisotopic (exact) mass is 306 g/mol. The first-order valence-electron chi connectivity index (χ1n) is 6.85. The maximum Gasteiger partial charge on any atom is 0.342 e. The van der Waals surface area contributed by atoms with Gasteiger partial charge in [0.25, 0.3) is 0 Å². The van der Waals surface area contributed by atoms with Crippen molar-refractivity contribution in [2.24, 2.45) is 0 Å². The number of aryl methyl sites for hydroxylation is 1. The fourth-order valence-electron chi connectivity index (χ4n) is 1.99. The molecule has 0 spiro atoms. The van der Waals surface area contributed by atoms with Gasteiger partial charge in [0.15, 0.2) is 0 Å². The minimum absolute atomic E-state index is 0.227. The number of hydrogen-bond donors (Lipinski definition) is 1. The lowest BCUT2D eigenvalue weighted by Gasteiger charge is -2.12. The molecule has 5 heteroatoms. The zero-order valence-electron chi connectivity index (χ0n) is 11.8. The van der Waals surface area contributed by atoms with E-state index in [2.05, 4.69) is 6.92 Å². The number of hydrogen-bond acceptors (Lipinski definition) is 4. The Hall–Kier alpha value is -2.01. The second kappa shape index (κ2) is 6.63. The summed E-state index contributed by atoms with van der Waals surface area (Å²) >= 11 is 0. The van der Waals surface area contributed by atoms with Gasteiger partial charge in [0.1, 0.15) is 16.4 Å². The van der Waals surface area contributed by atoms with Crippen molar-refractivity contribution in [3.8, 4) is 11.5 Å². The van der Waals surface area contributed by atoms with Crippen molar-refractivity contribution in [3.05, 3.63) is 54.1 Å². The predicted molar refractivity (Wildman–Crippen MR) is 81.0 cm³/mol. The summed E-state index contributed by atoms with van der Waals surface area (Å²) in [4.78, 5) is -0.227. The molecule has 2 aromatic rings. The summed E-state index contributed by atoms with van der Waals surface area (Å²) in [5.41, 5.74) is 0.846. The Balaban J connectivity index is 2.31. The van der Waals surface area contributed by atoms with E-state index in [1.807, 2.05) is 12.1 Å². The molecule has 0 aliphatic carbocycles. The van der Waals surface area contributed by atoms with E-state index >= 15 is 0 Å². The molecule has 0 saturated heterocycles. The molecule has 0 fully saturated rings. The lowest BCUT2D eigenvalue weighted by molar-refractivity contribution is 0.444. The fraction of sp³-hybridized carbons (Fsp3) is 0.250. The largest absolute Gasteiger partial charge is 0.506 e. The average Bonchev–Trinajstić information content (AvgIpc) is 2.46. The van der Waals surface area contributed by atoms with Crippen LogP contribution in [0.25, 0.3) is 0 Å². The Labute approximate surface area is 125 Å². The number of para-hydroxylation sites is 2. The molecule has 0 aromatic heterocycles. The van der Waals surface area contributed by atoms with E-state index in [0.29, 0.717) is 5.75 Å². The molecule has 0 saturated carbocycles. The quantitative estimate of drug-likeness (QED) is 0.830. The average molecular weight is 306 g/mol. The Bertz CT molecular complexity index is 708. The van der Waals surface area contributed by atoms with Crippen LogP contribution in [0, 0.1) is 0 Å². The van der Waals surface area contributed by atoms with Gasteiger partial charge in [0.2, 0.25) is 0 Å². The Morgan fingerprint density at radius 2 is 1.71 bits per heavy atom. The van der Waals surface area contributed by atoms with Crippen molar-refractivity contribution in [1.29, 1.82) is 0 Å². The second-order valence-electron chi connectivity index (χ2n) is 4.72. The van der Waals surface area contributed by atoms with Crippen molar-refractivity contribution in [1.82, 2.24) is 0 Å². The highest BCUT2D eigenvalue weighted by Gasteiger charge is 2.21. The van der Waals surface area contributed by atoms with Crippen molar-refractivity contribution < 1.29 is 17.7 Å². The van der Waals surface area contributed by atoms with E-state index in [1.165, 1.54) is 12.1 Å². The molecule has 4 nitrogen and oxygen atoms in total. The van der Waals surface area contributed by atoms with Gasteiger partial charge in [-0.05, 0) is 36.6 Å². The molecule has 0 amide bonds.